The van der Waals surface area contributed by atoms with E-state index in [-0.39, 0.29) is 12.5 Å². The number of carboxylic acids is 1. The Balaban J connectivity index is 1.88. The van der Waals surface area contributed by atoms with Crippen molar-refractivity contribution in [1.82, 2.24) is 15.5 Å². The molecule has 0 saturated heterocycles. The number of amides is 1. The van der Waals surface area contributed by atoms with E-state index in [1.54, 1.807) is 19.9 Å². The standard InChI is InChI=1S/C14H15N3O4/c1-7-5-9(10-8(2)17-21-12(10)16-7)11(18)15-6-14(3-4-14)13(19)20/h5H,3-4,6H2,1-2H3,(H,15,18)(H,19,20). The van der Waals surface area contributed by atoms with Gasteiger partial charge in [0.05, 0.1) is 22.1 Å². The van der Waals surface area contributed by atoms with E-state index in [0.29, 0.717) is 40.9 Å². The Morgan fingerprint density at radius 3 is 2.76 bits per heavy atom. The van der Waals surface area contributed by atoms with Gasteiger partial charge in [-0.3, -0.25) is 9.59 Å². The molecule has 1 saturated carbocycles. The van der Waals surface area contributed by atoms with Crippen LogP contribution in [0.15, 0.2) is 10.6 Å². The van der Waals surface area contributed by atoms with Crippen molar-refractivity contribution in [2.24, 2.45) is 5.41 Å². The molecule has 1 aliphatic rings. The highest BCUT2D eigenvalue weighted by molar-refractivity contribution is 6.06. The van der Waals surface area contributed by atoms with Crippen molar-refractivity contribution in [2.75, 3.05) is 6.54 Å². The zero-order valence-electron chi connectivity index (χ0n) is 11.8. The smallest absolute Gasteiger partial charge is 0.311 e. The molecule has 0 spiro atoms. The van der Waals surface area contributed by atoms with Crippen LogP contribution in [-0.4, -0.2) is 33.7 Å². The summed E-state index contributed by atoms with van der Waals surface area (Å²) in [6.45, 7) is 3.63. The lowest BCUT2D eigenvalue weighted by atomic mass is 10.1. The van der Waals surface area contributed by atoms with Gasteiger partial charge in [0, 0.05) is 12.2 Å². The highest BCUT2D eigenvalue weighted by atomic mass is 16.5. The minimum atomic E-state index is -0.861. The summed E-state index contributed by atoms with van der Waals surface area (Å²) in [6, 6.07) is 1.65. The van der Waals surface area contributed by atoms with Gasteiger partial charge in [0.25, 0.3) is 11.6 Å². The number of aryl methyl sites for hydroxylation is 2. The lowest BCUT2D eigenvalue weighted by molar-refractivity contribution is -0.143. The molecule has 21 heavy (non-hydrogen) atoms. The van der Waals surface area contributed by atoms with Gasteiger partial charge in [-0.05, 0) is 32.8 Å². The van der Waals surface area contributed by atoms with E-state index in [9.17, 15) is 9.59 Å². The van der Waals surface area contributed by atoms with E-state index < -0.39 is 11.4 Å². The number of carbonyl (C=O) groups is 2. The average molecular weight is 289 g/mol. The largest absolute Gasteiger partial charge is 0.481 e. The topological polar surface area (TPSA) is 105 Å². The molecule has 0 aliphatic heterocycles. The number of aromatic nitrogens is 2. The molecule has 1 amide bonds. The van der Waals surface area contributed by atoms with Crippen LogP contribution in [0.5, 0.6) is 0 Å². The van der Waals surface area contributed by atoms with E-state index in [1.807, 2.05) is 0 Å². The van der Waals surface area contributed by atoms with Crippen LogP contribution < -0.4 is 5.32 Å². The lowest BCUT2D eigenvalue weighted by Gasteiger charge is -2.11. The molecule has 0 aromatic carbocycles. The maximum absolute atomic E-state index is 12.4. The minimum Gasteiger partial charge on any atom is -0.481 e. The number of rotatable bonds is 4. The van der Waals surface area contributed by atoms with Crippen molar-refractivity contribution in [2.45, 2.75) is 26.7 Å². The van der Waals surface area contributed by atoms with Crippen LogP contribution in [0.2, 0.25) is 0 Å². The van der Waals surface area contributed by atoms with Gasteiger partial charge in [0.1, 0.15) is 0 Å². The number of pyridine rings is 1. The third-order valence-electron chi connectivity index (χ3n) is 3.88. The lowest BCUT2D eigenvalue weighted by Crippen LogP contribution is -2.34. The van der Waals surface area contributed by atoms with Crippen molar-refractivity contribution in [3.8, 4) is 0 Å². The summed E-state index contributed by atoms with van der Waals surface area (Å²) in [5.74, 6) is -1.19. The van der Waals surface area contributed by atoms with Gasteiger partial charge < -0.3 is 14.9 Å². The van der Waals surface area contributed by atoms with Crippen molar-refractivity contribution < 1.29 is 19.2 Å². The van der Waals surface area contributed by atoms with Gasteiger partial charge >= 0.3 is 5.97 Å². The van der Waals surface area contributed by atoms with Gasteiger partial charge in [0.2, 0.25) is 0 Å². The van der Waals surface area contributed by atoms with Gasteiger partial charge in [-0.2, -0.15) is 0 Å². The molecule has 0 bridgehead atoms. The fraction of sp³-hybridized carbons (Fsp3) is 0.429. The molecule has 3 rings (SSSR count). The Morgan fingerprint density at radius 2 is 2.14 bits per heavy atom. The molecule has 7 heteroatoms. The SMILES string of the molecule is Cc1cc(C(=O)NCC2(C(=O)O)CC2)c2c(C)noc2n1. The van der Waals surface area contributed by atoms with Crippen molar-refractivity contribution >= 4 is 23.0 Å². The number of nitrogens with one attached hydrogen (secondary N) is 1. The predicted octanol–water partition coefficient (Wildman–Crippen LogP) is 1.43. The van der Waals surface area contributed by atoms with Crippen LogP contribution in [-0.2, 0) is 4.79 Å². The molecule has 2 aromatic heterocycles. The summed E-state index contributed by atoms with van der Waals surface area (Å²) in [4.78, 5) is 27.7. The summed E-state index contributed by atoms with van der Waals surface area (Å²) < 4.78 is 5.08. The van der Waals surface area contributed by atoms with Gasteiger partial charge in [0.15, 0.2) is 0 Å². The second kappa shape index (κ2) is 4.54. The van der Waals surface area contributed by atoms with Crippen LogP contribution in [0.4, 0.5) is 0 Å². The Morgan fingerprint density at radius 1 is 1.43 bits per heavy atom. The van der Waals surface area contributed by atoms with E-state index in [1.165, 1.54) is 0 Å². The first-order chi connectivity index (χ1) is 9.93. The first kappa shape index (κ1) is 13.5. The summed E-state index contributed by atoms with van der Waals surface area (Å²) in [5, 5.41) is 16.2. The van der Waals surface area contributed by atoms with Crippen LogP contribution in [0.3, 0.4) is 0 Å². The molecule has 2 aromatic rings. The number of nitrogens with zero attached hydrogens (tertiary/aromatic N) is 2. The fourth-order valence-corrected chi connectivity index (χ4v) is 2.36. The minimum absolute atomic E-state index is 0.133. The van der Waals surface area contributed by atoms with Crippen LogP contribution in [0, 0.1) is 19.3 Å². The molecule has 1 aliphatic carbocycles. The molecule has 0 radical (unpaired) electrons. The molecule has 1 fully saturated rings. The maximum atomic E-state index is 12.4. The first-order valence-corrected chi connectivity index (χ1v) is 6.68. The third kappa shape index (κ3) is 2.24. The third-order valence-corrected chi connectivity index (χ3v) is 3.88. The van der Waals surface area contributed by atoms with Gasteiger partial charge in [-0.25, -0.2) is 4.98 Å². The van der Waals surface area contributed by atoms with Crippen LogP contribution in [0.25, 0.3) is 11.1 Å². The molecule has 2 heterocycles. The van der Waals surface area contributed by atoms with Crippen molar-refractivity contribution in [3.63, 3.8) is 0 Å². The Kier molecular flexibility index (Phi) is 2.93. The summed E-state index contributed by atoms with van der Waals surface area (Å²) in [6.07, 6.45) is 1.19. The van der Waals surface area contributed by atoms with Gasteiger partial charge in [-0.1, -0.05) is 5.16 Å². The maximum Gasteiger partial charge on any atom is 0.311 e. The Labute approximate surface area is 120 Å². The number of fused-ring (bicyclic) bond motifs is 1. The van der Waals surface area contributed by atoms with E-state index in [4.69, 9.17) is 9.63 Å². The highest BCUT2D eigenvalue weighted by Crippen LogP contribution is 2.45. The normalized spacial score (nSPS) is 15.9. The second-order valence-electron chi connectivity index (χ2n) is 5.53. The molecule has 2 N–H and O–H groups in total. The monoisotopic (exact) mass is 289 g/mol. The van der Waals surface area contributed by atoms with Crippen LogP contribution in [0.1, 0.15) is 34.6 Å². The summed E-state index contributed by atoms with van der Waals surface area (Å²) >= 11 is 0. The molecule has 0 unspecified atom stereocenters. The Bertz CT molecular complexity index is 746. The predicted molar refractivity (Wildman–Crippen MR) is 72.9 cm³/mol. The number of hydrogen-bond donors (Lipinski definition) is 2. The molecular formula is C14H15N3O4. The van der Waals surface area contributed by atoms with Crippen LogP contribution >= 0.6 is 0 Å². The zero-order valence-corrected chi connectivity index (χ0v) is 11.8. The number of carbonyl (C=O) groups excluding carboxylic acids is 1. The van der Waals surface area contributed by atoms with E-state index in [2.05, 4.69) is 15.5 Å². The average Bonchev–Trinajstić information content (AvgIpc) is 3.15. The molecule has 7 nitrogen and oxygen atoms in total. The van der Waals surface area contributed by atoms with Crippen molar-refractivity contribution in [1.29, 1.82) is 0 Å². The quantitative estimate of drug-likeness (QED) is 0.882. The second-order valence-corrected chi connectivity index (χ2v) is 5.53. The van der Waals surface area contributed by atoms with Gasteiger partial charge in [-0.15, -0.1) is 0 Å². The Hall–Kier alpha value is -2.44. The number of carboxylic acid groups (broad SMARTS) is 1. The molecule has 0 atom stereocenters. The molecule has 110 valence electrons. The molecular weight excluding hydrogens is 274 g/mol. The zero-order chi connectivity index (χ0) is 15.2. The summed E-state index contributed by atoms with van der Waals surface area (Å²) in [5.41, 5.74) is 1.17. The first-order valence-electron chi connectivity index (χ1n) is 6.68. The number of aliphatic carboxylic acids is 1. The van der Waals surface area contributed by atoms with Crippen molar-refractivity contribution in [3.05, 3.63) is 23.0 Å². The van der Waals surface area contributed by atoms with E-state index in [0.717, 1.165) is 0 Å². The number of hydrogen-bond acceptors (Lipinski definition) is 5. The fourth-order valence-electron chi connectivity index (χ4n) is 2.36. The summed E-state index contributed by atoms with van der Waals surface area (Å²) in [7, 11) is 0. The highest BCUT2D eigenvalue weighted by Gasteiger charge is 2.50. The van der Waals surface area contributed by atoms with E-state index >= 15 is 0 Å².